The SMILES string of the molecule is CCOc1ccccc1CCC1(O)CC1. The number of aryl methyl sites for hydroxylation is 1. The van der Waals surface area contributed by atoms with Crippen molar-refractivity contribution in [1.82, 2.24) is 0 Å². The molecule has 82 valence electrons. The highest BCUT2D eigenvalue weighted by atomic mass is 16.5. The Labute approximate surface area is 90.9 Å². The zero-order valence-corrected chi connectivity index (χ0v) is 9.20. The van der Waals surface area contributed by atoms with Gasteiger partial charge < -0.3 is 9.84 Å². The van der Waals surface area contributed by atoms with Crippen LogP contribution in [0.4, 0.5) is 0 Å². The molecule has 0 atom stereocenters. The molecule has 1 fully saturated rings. The number of hydrogen-bond acceptors (Lipinski definition) is 2. The van der Waals surface area contributed by atoms with E-state index in [0.717, 1.165) is 31.4 Å². The summed E-state index contributed by atoms with van der Waals surface area (Å²) in [5.41, 5.74) is 0.846. The van der Waals surface area contributed by atoms with E-state index in [1.807, 2.05) is 25.1 Å². The molecule has 0 aromatic heterocycles. The van der Waals surface area contributed by atoms with Gasteiger partial charge in [-0.2, -0.15) is 0 Å². The molecule has 1 saturated carbocycles. The number of aliphatic hydroxyl groups is 1. The van der Waals surface area contributed by atoms with Gasteiger partial charge in [0.1, 0.15) is 5.75 Å². The van der Waals surface area contributed by atoms with Gasteiger partial charge >= 0.3 is 0 Å². The van der Waals surface area contributed by atoms with Crippen molar-refractivity contribution in [3.63, 3.8) is 0 Å². The van der Waals surface area contributed by atoms with Gasteiger partial charge in [0.15, 0.2) is 0 Å². The maximum absolute atomic E-state index is 9.77. The first-order chi connectivity index (χ1) is 7.23. The first kappa shape index (κ1) is 10.5. The van der Waals surface area contributed by atoms with E-state index in [1.54, 1.807) is 0 Å². The smallest absolute Gasteiger partial charge is 0.122 e. The van der Waals surface area contributed by atoms with E-state index >= 15 is 0 Å². The van der Waals surface area contributed by atoms with Crippen LogP contribution in [-0.2, 0) is 6.42 Å². The number of benzene rings is 1. The van der Waals surface area contributed by atoms with E-state index in [1.165, 1.54) is 5.56 Å². The van der Waals surface area contributed by atoms with Crippen LogP contribution in [0.5, 0.6) is 5.75 Å². The number of para-hydroxylation sites is 1. The molecule has 2 rings (SSSR count). The average molecular weight is 206 g/mol. The molecule has 0 spiro atoms. The van der Waals surface area contributed by atoms with Gasteiger partial charge in [-0.05, 0) is 44.2 Å². The second-order valence-electron chi connectivity index (χ2n) is 4.27. The van der Waals surface area contributed by atoms with Crippen molar-refractivity contribution in [2.45, 2.75) is 38.2 Å². The van der Waals surface area contributed by atoms with E-state index < -0.39 is 0 Å². The van der Waals surface area contributed by atoms with E-state index in [2.05, 4.69) is 6.07 Å². The van der Waals surface area contributed by atoms with Crippen LogP contribution in [0.2, 0.25) is 0 Å². The molecule has 1 aromatic rings. The molecule has 1 aliphatic carbocycles. The van der Waals surface area contributed by atoms with Crippen LogP contribution in [0.1, 0.15) is 31.7 Å². The molecule has 0 saturated heterocycles. The summed E-state index contributed by atoms with van der Waals surface area (Å²) in [6.07, 6.45) is 3.69. The highest BCUT2D eigenvalue weighted by molar-refractivity contribution is 5.33. The van der Waals surface area contributed by atoms with E-state index in [4.69, 9.17) is 4.74 Å². The standard InChI is InChI=1S/C13H18O2/c1-2-15-12-6-4-3-5-11(12)7-8-13(14)9-10-13/h3-6,14H,2,7-10H2,1H3. The fourth-order valence-corrected chi connectivity index (χ4v) is 1.77. The third-order valence-corrected chi connectivity index (χ3v) is 2.96. The van der Waals surface area contributed by atoms with Crippen molar-refractivity contribution in [1.29, 1.82) is 0 Å². The predicted octanol–water partition coefficient (Wildman–Crippen LogP) is 2.54. The fraction of sp³-hybridized carbons (Fsp3) is 0.538. The zero-order valence-electron chi connectivity index (χ0n) is 9.20. The lowest BCUT2D eigenvalue weighted by Gasteiger charge is -2.11. The van der Waals surface area contributed by atoms with E-state index in [0.29, 0.717) is 6.61 Å². The summed E-state index contributed by atoms with van der Waals surface area (Å²) in [5.74, 6) is 0.962. The van der Waals surface area contributed by atoms with Crippen LogP contribution in [0.3, 0.4) is 0 Å². The maximum Gasteiger partial charge on any atom is 0.122 e. The summed E-state index contributed by atoms with van der Waals surface area (Å²) < 4.78 is 5.54. The van der Waals surface area contributed by atoms with Crippen LogP contribution in [0.15, 0.2) is 24.3 Å². The van der Waals surface area contributed by atoms with Gasteiger partial charge in [-0.1, -0.05) is 18.2 Å². The molecule has 0 heterocycles. The van der Waals surface area contributed by atoms with Gasteiger partial charge in [-0.3, -0.25) is 0 Å². The Morgan fingerprint density at radius 1 is 1.33 bits per heavy atom. The molecule has 2 nitrogen and oxygen atoms in total. The second kappa shape index (κ2) is 4.23. The van der Waals surface area contributed by atoms with Crippen molar-refractivity contribution in [2.24, 2.45) is 0 Å². The van der Waals surface area contributed by atoms with Gasteiger partial charge in [-0.25, -0.2) is 0 Å². The summed E-state index contributed by atoms with van der Waals surface area (Å²) in [7, 11) is 0. The van der Waals surface area contributed by atoms with Gasteiger partial charge in [-0.15, -0.1) is 0 Å². The first-order valence-corrected chi connectivity index (χ1v) is 5.67. The van der Waals surface area contributed by atoms with Crippen molar-refractivity contribution in [2.75, 3.05) is 6.61 Å². The quantitative estimate of drug-likeness (QED) is 0.802. The Bertz CT molecular complexity index is 329. The summed E-state index contributed by atoms with van der Waals surface area (Å²) in [5, 5.41) is 9.77. The Morgan fingerprint density at radius 3 is 2.73 bits per heavy atom. The maximum atomic E-state index is 9.77. The minimum atomic E-state index is -0.362. The van der Waals surface area contributed by atoms with Crippen molar-refractivity contribution in [3.05, 3.63) is 29.8 Å². The normalized spacial score (nSPS) is 17.5. The van der Waals surface area contributed by atoms with Gasteiger partial charge in [0.05, 0.1) is 12.2 Å². The minimum absolute atomic E-state index is 0.362. The molecular weight excluding hydrogens is 188 g/mol. The van der Waals surface area contributed by atoms with Gasteiger partial charge in [0, 0.05) is 0 Å². The van der Waals surface area contributed by atoms with Crippen LogP contribution in [-0.4, -0.2) is 17.3 Å². The topological polar surface area (TPSA) is 29.5 Å². The molecule has 0 bridgehead atoms. The Balaban J connectivity index is 1.99. The molecule has 0 unspecified atom stereocenters. The lowest BCUT2D eigenvalue weighted by molar-refractivity contribution is 0.140. The van der Waals surface area contributed by atoms with Gasteiger partial charge in [0.25, 0.3) is 0 Å². The lowest BCUT2D eigenvalue weighted by Crippen LogP contribution is -2.08. The average Bonchev–Trinajstić information content (AvgIpc) is 2.97. The van der Waals surface area contributed by atoms with Crippen molar-refractivity contribution in [3.8, 4) is 5.75 Å². The molecule has 0 radical (unpaired) electrons. The van der Waals surface area contributed by atoms with Crippen LogP contribution >= 0.6 is 0 Å². The molecule has 1 aliphatic rings. The number of hydrogen-bond donors (Lipinski definition) is 1. The third kappa shape index (κ3) is 2.72. The Hall–Kier alpha value is -1.02. The second-order valence-corrected chi connectivity index (χ2v) is 4.27. The molecule has 15 heavy (non-hydrogen) atoms. The lowest BCUT2D eigenvalue weighted by atomic mass is 10.0. The monoisotopic (exact) mass is 206 g/mol. The largest absolute Gasteiger partial charge is 0.494 e. The molecule has 1 N–H and O–H groups in total. The van der Waals surface area contributed by atoms with Crippen LogP contribution in [0, 0.1) is 0 Å². The molecular formula is C13H18O2. The highest BCUT2D eigenvalue weighted by Crippen LogP contribution is 2.39. The number of ether oxygens (including phenoxy) is 1. The van der Waals surface area contributed by atoms with E-state index in [-0.39, 0.29) is 5.60 Å². The van der Waals surface area contributed by atoms with Crippen LogP contribution < -0.4 is 4.74 Å². The minimum Gasteiger partial charge on any atom is -0.494 e. The third-order valence-electron chi connectivity index (χ3n) is 2.96. The molecule has 2 heteroatoms. The van der Waals surface area contributed by atoms with Crippen molar-refractivity contribution < 1.29 is 9.84 Å². The van der Waals surface area contributed by atoms with E-state index in [9.17, 15) is 5.11 Å². The summed E-state index contributed by atoms with van der Waals surface area (Å²) in [4.78, 5) is 0. The predicted molar refractivity (Wildman–Crippen MR) is 60.1 cm³/mol. The Kier molecular flexibility index (Phi) is 2.96. The zero-order chi connectivity index (χ0) is 10.7. The molecule has 1 aromatic carbocycles. The molecule has 0 amide bonds. The van der Waals surface area contributed by atoms with Crippen LogP contribution in [0.25, 0.3) is 0 Å². The van der Waals surface area contributed by atoms with Gasteiger partial charge in [0.2, 0.25) is 0 Å². The Morgan fingerprint density at radius 2 is 2.07 bits per heavy atom. The summed E-state index contributed by atoms with van der Waals surface area (Å²) >= 11 is 0. The summed E-state index contributed by atoms with van der Waals surface area (Å²) in [6, 6.07) is 8.08. The fourth-order valence-electron chi connectivity index (χ4n) is 1.77. The first-order valence-electron chi connectivity index (χ1n) is 5.67. The highest BCUT2D eigenvalue weighted by Gasteiger charge is 2.39. The number of rotatable bonds is 5. The molecule has 0 aliphatic heterocycles. The van der Waals surface area contributed by atoms with Crippen molar-refractivity contribution >= 4 is 0 Å². The summed E-state index contributed by atoms with van der Waals surface area (Å²) in [6.45, 7) is 2.69.